The first-order valence-corrected chi connectivity index (χ1v) is 9.12. The summed E-state index contributed by atoms with van der Waals surface area (Å²) in [6.07, 6.45) is 1.86. The van der Waals surface area contributed by atoms with Gasteiger partial charge in [-0.3, -0.25) is 14.4 Å². The molecular weight excluding hydrogens is 316 g/mol. The van der Waals surface area contributed by atoms with Crippen LogP contribution in [0.25, 0.3) is 10.9 Å². The Labute approximate surface area is 148 Å². The molecule has 1 amide bonds. The second-order valence-corrected chi connectivity index (χ2v) is 7.56. The number of carbonyl (C=O) groups excluding carboxylic acids is 1. The summed E-state index contributed by atoms with van der Waals surface area (Å²) in [4.78, 5) is 15.3. The third-order valence-electron chi connectivity index (χ3n) is 5.54. The zero-order chi connectivity index (χ0) is 17.6. The van der Waals surface area contributed by atoms with E-state index < -0.39 is 0 Å². The number of para-hydroxylation sites is 1. The quantitative estimate of drug-likeness (QED) is 0.929. The molecule has 1 aromatic heterocycles. The van der Waals surface area contributed by atoms with Gasteiger partial charge in [-0.15, -0.1) is 0 Å². The van der Waals surface area contributed by atoms with Gasteiger partial charge in [0.05, 0.1) is 18.7 Å². The highest BCUT2D eigenvalue weighted by atomic mass is 16.5. The van der Waals surface area contributed by atoms with Gasteiger partial charge in [-0.25, -0.2) is 0 Å². The van der Waals surface area contributed by atoms with E-state index in [1.807, 2.05) is 28.9 Å². The van der Waals surface area contributed by atoms with Gasteiger partial charge >= 0.3 is 0 Å². The molecular formula is C19H26N4O2. The summed E-state index contributed by atoms with van der Waals surface area (Å²) in [5.41, 5.74) is 1.54. The van der Waals surface area contributed by atoms with E-state index in [9.17, 15) is 4.79 Å². The Bertz CT molecular complexity index is 771. The van der Waals surface area contributed by atoms with Gasteiger partial charge in [0.1, 0.15) is 0 Å². The number of carbonyl (C=O) groups is 1. The number of benzene rings is 1. The average Bonchev–Trinajstić information content (AvgIpc) is 2.96. The van der Waals surface area contributed by atoms with Crippen LogP contribution in [0.1, 0.15) is 43.2 Å². The van der Waals surface area contributed by atoms with Crippen LogP contribution in [-0.4, -0.2) is 59.0 Å². The summed E-state index contributed by atoms with van der Waals surface area (Å²) < 4.78 is 7.59. The minimum atomic E-state index is -0.0656. The molecule has 3 heterocycles. The Balaban J connectivity index is 1.57. The highest BCUT2D eigenvalue weighted by molar-refractivity contribution is 6.05. The number of fused-ring (bicyclic) bond motifs is 3. The number of aromatic nitrogens is 2. The highest BCUT2D eigenvalue weighted by Gasteiger charge is 2.37. The summed E-state index contributed by atoms with van der Waals surface area (Å²) in [6, 6.07) is 9.14. The molecule has 0 unspecified atom stereocenters. The number of nitrogens with zero attached hydrogens (tertiary/aromatic N) is 3. The maximum absolute atomic E-state index is 12.9. The molecule has 134 valence electrons. The molecule has 2 saturated heterocycles. The average molecular weight is 342 g/mol. The second kappa shape index (κ2) is 6.42. The smallest absolute Gasteiger partial charge is 0.272 e. The lowest BCUT2D eigenvalue weighted by Gasteiger charge is -2.46. The summed E-state index contributed by atoms with van der Waals surface area (Å²) >= 11 is 0. The normalized spacial score (nSPS) is 27.0. The topological polar surface area (TPSA) is 59.4 Å². The molecule has 1 N–H and O–H groups in total. The number of likely N-dealkylation sites (N-methyl/N-ethyl adjacent to an activating group) is 1. The van der Waals surface area contributed by atoms with Crippen LogP contribution in [0, 0.1) is 0 Å². The molecule has 2 bridgehead atoms. The molecule has 2 aromatic rings. The summed E-state index contributed by atoms with van der Waals surface area (Å²) in [5, 5.41) is 8.76. The predicted octanol–water partition coefficient (Wildman–Crippen LogP) is 2.21. The zero-order valence-corrected chi connectivity index (χ0v) is 15.1. The van der Waals surface area contributed by atoms with Crippen LogP contribution in [0.15, 0.2) is 24.3 Å². The number of amides is 1. The van der Waals surface area contributed by atoms with Crippen molar-refractivity contribution in [1.29, 1.82) is 0 Å². The van der Waals surface area contributed by atoms with E-state index in [-0.39, 0.29) is 18.0 Å². The van der Waals surface area contributed by atoms with Crippen molar-refractivity contribution in [3.05, 3.63) is 30.0 Å². The minimum Gasteiger partial charge on any atom is -0.378 e. The van der Waals surface area contributed by atoms with Crippen molar-refractivity contribution in [2.45, 2.75) is 50.9 Å². The maximum atomic E-state index is 12.9. The van der Waals surface area contributed by atoms with Crippen LogP contribution in [-0.2, 0) is 4.74 Å². The van der Waals surface area contributed by atoms with E-state index in [1.165, 1.54) is 0 Å². The van der Waals surface area contributed by atoms with Crippen molar-refractivity contribution in [3.63, 3.8) is 0 Å². The largest absolute Gasteiger partial charge is 0.378 e. The summed E-state index contributed by atoms with van der Waals surface area (Å²) in [6.45, 7) is 5.67. The van der Waals surface area contributed by atoms with Crippen molar-refractivity contribution in [2.75, 3.05) is 20.3 Å². The Kier molecular flexibility index (Phi) is 4.25. The van der Waals surface area contributed by atoms with Crippen molar-refractivity contribution < 1.29 is 9.53 Å². The molecule has 0 aliphatic carbocycles. The Morgan fingerprint density at radius 3 is 2.60 bits per heavy atom. The highest BCUT2D eigenvalue weighted by Crippen LogP contribution is 2.27. The van der Waals surface area contributed by atoms with Gasteiger partial charge in [0.2, 0.25) is 0 Å². The Morgan fingerprint density at radius 2 is 1.92 bits per heavy atom. The fourth-order valence-electron chi connectivity index (χ4n) is 4.12. The molecule has 2 aliphatic rings. The van der Waals surface area contributed by atoms with E-state index >= 15 is 0 Å². The Morgan fingerprint density at radius 1 is 1.24 bits per heavy atom. The molecule has 0 spiro atoms. The van der Waals surface area contributed by atoms with Crippen LogP contribution in [0.2, 0.25) is 0 Å². The van der Waals surface area contributed by atoms with Crippen LogP contribution in [0.5, 0.6) is 0 Å². The molecule has 6 heteroatoms. The van der Waals surface area contributed by atoms with Crippen molar-refractivity contribution in [3.8, 4) is 0 Å². The van der Waals surface area contributed by atoms with Crippen LogP contribution in [0.3, 0.4) is 0 Å². The first-order valence-electron chi connectivity index (χ1n) is 9.12. The molecule has 3 atom stereocenters. The monoisotopic (exact) mass is 342 g/mol. The first-order chi connectivity index (χ1) is 12.0. The van der Waals surface area contributed by atoms with Gasteiger partial charge in [0.25, 0.3) is 5.91 Å². The lowest BCUT2D eigenvalue weighted by Crippen LogP contribution is -2.59. The van der Waals surface area contributed by atoms with Gasteiger partial charge < -0.3 is 10.1 Å². The van der Waals surface area contributed by atoms with E-state index in [4.69, 9.17) is 4.74 Å². The van der Waals surface area contributed by atoms with Gasteiger partial charge in [0, 0.05) is 29.6 Å². The third kappa shape index (κ3) is 2.93. The fraction of sp³-hybridized carbons (Fsp3) is 0.579. The number of ether oxygens (including phenoxy) is 1. The summed E-state index contributed by atoms with van der Waals surface area (Å²) in [7, 11) is 2.16. The SMILES string of the molecule is CC(C)n1nc(C(=O)N[C@H]2C[C@H]3COC[C@@H](C2)N3C)c2ccccc21. The minimum absolute atomic E-state index is 0.0656. The van der Waals surface area contributed by atoms with Gasteiger partial charge in [-0.05, 0) is 39.8 Å². The summed E-state index contributed by atoms with van der Waals surface area (Å²) in [5.74, 6) is -0.0656. The molecule has 1 aromatic carbocycles. The predicted molar refractivity (Wildman–Crippen MR) is 96.8 cm³/mol. The van der Waals surface area contributed by atoms with E-state index in [0.29, 0.717) is 17.8 Å². The number of hydrogen-bond donors (Lipinski definition) is 1. The van der Waals surface area contributed by atoms with Crippen LogP contribution >= 0.6 is 0 Å². The van der Waals surface area contributed by atoms with Gasteiger partial charge in [-0.1, -0.05) is 18.2 Å². The maximum Gasteiger partial charge on any atom is 0.272 e. The van der Waals surface area contributed by atoms with Crippen molar-refractivity contribution >= 4 is 16.8 Å². The van der Waals surface area contributed by atoms with E-state index in [0.717, 1.165) is 37.0 Å². The standard InChI is InChI=1S/C19H26N4O2/c1-12(2)23-17-7-5-4-6-16(17)18(21-23)19(24)20-13-8-14-10-25-11-15(9-13)22(14)3/h4-7,12-15H,8-11H2,1-3H3,(H,20,24)/t13-,14-,15+. The molecule has 25 heavy (non-hydrogen) atoms. The molecule has 4 rings (SSSR count). The lowest BCUT2D eigenvalue weighted by molar-refractivity contribution is -0.0670. The van der Waals surface area contributed by atoms with E-state index in [2.05, 4.69) is 36.2 Å². The third-order valence-corrected chi connectivity index (χ3v) is 5.54. The van der Waals surface area contributed by atoms with Gasteiger partial charge in [0.15, 0.2) is 5.69 Å². The molecule has 0 radical (unpaired) electrons. The number of hydrogen-bond acceptors (Lipinski definition) is 4. The molecule has 6 nitrogen and oxygen atoms in total. The lowest BCUT2D eigenvalue weighted by atomic mass is 9.90. The fourth-order valence-corrected chi connectivity index (χ4v) is 4.12. The molecule has 2 aliphatic heterocycles. The zero-order valence-electron chi connectivity index (χ0n) is 15.1. The van der Waals surface area contributed by atoms with Crippen molar-refractivity contribution in [2.24, 2.45) is 0 Å². The molecule has 0 saturated carbocycles. The molecule has 2 fully saturated rings. The number of nitrogens with one attached hydrogen (secondary N) is 1. The van der Waals surface area contributed by atoms with Crippen LogP contribution in [0.4, 0.5) is 0 Å². The van der Waals surface area contributed by atoms with Crippen molar-refractivity contribution in [1.82, 2.24) is 20.0 Å². The first kappa shape index (κ1) is 16.5. The second-order valence-electron chi connectivity index (χ2n) is 7.56. The van der Waals surface area contributed by atoms with Gasteiger partial charge in [-0.2, -0.15) is 5.10 Å². The van der Waals surface area contributed by atoms with E-state index in [1.54, 1.807) is 0 Å². The number of rotatable bonds is 3. The number of morpholine rings is 1. The van der Waals surface area contributed by atoms with Crippen LogP contribution < -0.4 is 5.32 Å². The Hall–Kier alpha value is -1.92. The number of piperidine rings is 1.